The normalized spacial score (nSPS) is 29.1. The first-order valence-electron chi connectivity index (χ1n) is 7.61. The van der Waals surface area contributed by atoms with Crippen molar-refractivity contribution in [3.05, 3.63) is 29.3 Å². The van der Waals surface area contributed by atoms with Crippen molar-refractivity contribution in [1.82, 2.24) is 0 Å². The Morgan fingerprint density at radius 2 is 1.65 bits per heavy atom. The summed E-state index contributed by atoms with van der Waals surface area (Å²) in [5.74, 6) is -2.24. The van der Waals surface area contributed by atoms with Gasteiger partial charge in [-0.25, -0.2) is 9.59 Å². The number of halogens is 1. The molecule has 5 atom stereocenters. The Morgan fingerprint density at radius 1 is 1.08 bits per heavy atom. The van der Waals surface area contributed by atoms with Crippen LogP contribution in [0.25, 0.3) is 0 Å². The number of carboxylic acids is 1. The van der Waals surface area contributed by atoms with Gasteiger partial charge in [0.05, 0.1) is 0 Å². The monoisotopic (exact) mass is 390 g/mol. The van der Waals surface area contributed by atoms with E-state index in [1.807, 2.05) is 0 Å². The number of aliphatic hydroxyl groups excluding tert-OH is 3. The fraction of sp³-hybridized carbons (Fsp3) is 0.500. The predicted molar refractivity (Wildman–Crippen MR) is 86.6 cm³/mol. The number of benzene rings is 1. The minimum absolute atomic E-state index is 0.320. The number of rotatable bonds is 5. The molecule has 0 bridgehead atoms. The number of carboxylic acid groups (broad SMARTS) is 1. The van der Waals surface area contributed by atoms with Crippen molar-refractivity contribution in [3.8, 4) is 5.75 Å². The second kappa shape index (κ2) is 7.77. The molecule has 1 aromatic rings. The lowest BCUT2D eigenvalue weighted by atomic mass is 9.99. The molecule has 1 aromatic carbocycles. The van der Waals surface area contributed by atoms with Crippen LogP contribution in [0.3, 0.4) is 0 Å². The smallest absolute Gasteiger partial charge is 0.352 e. The number of ether oxygens (including phenoxy) is 3. The van der Waals surface area contributed by atoms with Crippen LogP contribution in [0.5, 0.6) is 5.75 Å². The number of carbonyl (C=O) groups excluding carboxylic acids is 1. The van der Waals surface area contributed by atoms with E-state index >= 15 is 0 Å². The van der Waals surface area contributed by atoms with Gasteiger partial charge in [0, 0.05) is 5.02 Å². The zero-order valence-electron chi connectivity index (χ0n) is 13.9. The van der Waals surface area contributed by atoms with E-state index in [0.717, 1.165) is 0 Å². The van der Waals surface area contributed by atoms with Crippen LogP contribution < -0.4 is 4.74 Å². The molecule has 10 heteroatoms. The van der Waals surface area contributed by atoms with Crippen molar-refractivity contribution in [2.75, 3.05) is 0 Å². The van der Waals surface area contributed by atoms with Crippen molar-refractivity contribution in [2.24, 2.45) is 0 Å². The lowest BCUT2D eigenvalue weighted by Crippen LogP contribution is -2.61. The fourth-order valence-corrected chi connectivity index (χ4v) is 2.36. The fourth-order valence-electron chi connectivity index (χ4n) is 2.24. The third-order valence-electron chi connectivity index (χ3n) is 3.71. The summed E-state index contributed by atoms with van der Waals surface area (Å²) in [6.45, 7) is 2.78. The van der Waals surface area contributed by atoms with Gasteiger partial charge in [-0.3, -0.25) is 0 Å². The summed E-state index contributed by atoms with van der Waals surface area (Å²) in [4.78, 5) is 23.4. The highest BCUT2D eigenvalue weighted by molar-refractivity contribution is 6.30. The first kappa shape index (κ1) is 20.4. The van der Waals surface area contributed by atoms with Crippen molar-refractivity contribution in [3.63, 3.8) is 0 Å². The second-order valence-electron chi connectivity index (χ2n) is 6.21. The molecule has 1 heterocycles. The minimum atomic E-state index is -1.88. The topological polar surface area (TPSA) is 143 Å². The van der Waals surface area contributed by atoms with Crippen LogP contribution in [0.1, 0.15) is 13.8 Å². The van der Waals surface area contributed by atoms with Gasteiger partial charge in [0.15, 0.2) is 11.7 Å². The average Bonchev–Trinajstić information content (AvgIpc) is 2.56. The van der Waals surface area contributed by atoms with Crippen LogP contribution in [0.15, 0.2) is 24.3 Å². The van der Waals surface area contributed by atoms with Crippen LogP contribution >= 0.6 is 11.6 Å². The number of aliphatic hydroxyl groups is 3. The molecule has 144 valence electrons. The largest absolute Gasteiger partial charge is 0.479 e. The Balaban J connectivity index is 2.08. The molecule has 0 radical (unpaired) electrons. The number of aliphatic carboxylic acids is 1. The summed E-state index contributed by atoms with van der Waals surface area (Å²) in [5, 5.41) is 38.7. The van der Waals surface area contributed by atoms with Crippen molar-refractivity contribution in [1.29, 1.82) is 0 Å². The summed E-state index contributed by atoms with van der Waals surface area (Å²) >= 11 is 5.77. The first-order valence-corrected chi connectivity index (χ1v) is 7.99. The SMILES string of the molecule is CC(C)(Oc1ccc(Cl)cc1)C(=O)OC1O[C@H](C(=O)O)[C@@H](O)[C@H](O)[C@H]1O. The maximum Gasteiger partial charge on any atom is 0.352 e. The van der Waals surface area contributed by atoms with Crippen molar-refractivity contribution >= 4 is 23.5 Å². The Bertz CT molecular complexity index is 660. The van der Waals surface area contributed by atoms with E-state index in [2.05, 4.69) is 0 Å². The molecular formula is C16H19ClO9. The van der Waals surface area contributed by atoms with Gasteiger partial charge < -0.3 is 34.6 Å². The lowest BCUT2D eigenvalue weighted by Gasteiger charge is -2.39. The highest BCUT2D eigenvalue weighted by Crippen LogP contribution is 2.26. The molecule has 0 spiro atoms. The maximum atomic E-state index is 12.4. The number of carbonyl (C=O) groups is 2. The van der Waals surface area contributed by atoms with Gasteiger partial charge in [-0.1, -0.05) is 11.6 Å². The molecule has 9 nitrogen and oxygen atoms in total. The number of hydrogen-bond acceptors (Lipinski definition) is 8. The Hall–Kier alpha value is -1.91. The molecule has 0 saturated carbocycles. The third kappa shape index (κ3) is 4.43. The van der Waals surface area contributed by atoms with Gasteiger partial charge >= 0.3 is 11.9 Å². The van der Waals surface area contributed by atoms with Crippen molar-refractivity contribution in [2.45, 2.75) is 50.2 Å². The standard InChI is InChI=1S/C16H19ClO9/c1-16(2,26-8-5-3-7(17)4-6-8)15(23)25-14-11(20)9(18)10(19)12(24-14)13(21)22/h3-6,9-12,14,18-20H,1-2H3,(H,21,22)/t9-,10-,11+,12-,14?/m0/s1. The van der Waals surface area contributed by atoms with E-state index in [4.69, 9.17) is 30.9 Å². The van der Waals surface area contributed by atoms with Gasteiger partial charge in [-0.05, 0) is 38.1 Å². The minimum Gasteiger partial charge on any atom is -0.479 e. The Labute approximate surface area is 153 Å². The van der Waals surface area contributed by atoms with Gasteiger partial charge in [0.1, 0.15) is 24.1 Å². The van der Waals surface area contributed by atoms with Crippen LogP contribution in [0, 0.1) is 0 Å². The van der Waals surface area contributed by atoms with E-state index in [-0.39, 0.29) is 0 Å². The summed E-state index contributed by atoms with van der Waals surface area (Å²) < 4.78 is 15.4. The van der Waals surface area contributed by atoms with Gasteiger partial charge in [0.25, 0.3) is 0 Å². The molecule has 1 aliphatic heterocycles. The van der Waals surface area contributed by atoms with Gasteiger partial charge in [-0.2, -0.15) is 0 Å². The molecule has 1 fully saturated rings. The Morgan fingerprint density at radius 3 is 2.19 bits per heavy atom. The first-order chi connectivity index (χ1) is 12.0. The molecule has 4 N–H and O–H groups in total. The third-order valence-corrected chi connectivity index (χ3v) is 3.97. The summed E-state index contributed by atoms with van der Waals surface area (Å²) in [6, 6.07) is 6.18. The van der Waals surface area contributed by atoms with E-state index in [9.17, 15) is 24.9 Å². The second-order valence-corrected chi connectivity index (χ2v) is 6.64. The van der Waals surface area contributed by atoms with Gasteiger partial charge in [-0.15, -0.1) is 0 Å². The van der Waals surface area contributed by atoms with E-state index in [1.54, 1.807) is 12.1 Å². The predicted octanol–water partition coefficient (Wildman–Crippen LogP) is -0.0672. The number of esters is 1. The Kier molecular flexibility index (Phi) is 6.09. The van der Waals surface area contributed by atoms with Gasteiger partial charge in [0.2, 0.25) is 6.29 Å². The quantitative estimate of drug-likeness (QED) is 0.508. The molecular weight excluding hydrogens is 372 g/mol. The summed E-state index contributed by atoms with van der Waals surface area (Å²) in [6.07, 6.45) is -9.25. The zero-order valence-corrected chi connectivity index (χ0v) is 14.7. The van der Waals surface area contributed by atoms with E-state index < -0.39 is 48.2 Å². The van der Waals surface area contributed by atoms with E-state index in [0.29, 0.717) is 10.8 Å². The molecule has 26 heavy (non-hydrogen) atoms. The summed E-state index contributed by atoms with van der Waals surface area (Å²) in [5.41, 5.74) is -1.53. The van der Waals surface area contributed by atoms with Crippen LogP contribution in [0.4, 0.5) is 0 Å². The van der Waals surface area contributed by atoms with E-state index in [1.165, 1.54) is 26.0 Å². The molecule has 2 rings (SSSR count). The van der Waals surface area contributed by atoms with Crippen LogP contribution in [-0.4, -0.2) is 68.7 Å². The summed E-state index contributed by atoms with van der Waals surface area (Å²) in [7, 11) is 0. The molecule has 1 unspecified atom stereocenters. The molecule has 0 amide bonds. The maximum absolute atomic E-state index is 12.4. The van der Waals surface area contributed by atoms with Crippen LogP contribution in [0.2, 0.25) is 5.02 Å². The highest BCUT2D eigenvalue weighted by atomic mass is 35.5. The van der Waals surface area contributed by atoms with Crippen molar-refractivity contribution < 1.29 is 44.2 Å². The zero-order chi connectivity index (χ0) is 19.6. The number of hydrogen-bond donors (Lipinski definition) is 4. The molecule has 1 aliphatic rings. The van der Waals surface area contributed by atoms with Crippen LogP contribution in [-0.2, 0) is 19.1 Å². The highest BCUT2D eigenvalue weighted by Gasteiger charge is 2.49. The molecule has 1 saturated heterocycles. The molecule has 0 aromatic heterocycles. The average molecular weight is 391 g/mol. The molecule has 0 aliphatic carbocycles. The lowest BCUT2D eigenvalue weighted by molar-refractivity contribution is -0.289.